The minimum Gasteiger partial charge on any atom is -0.348 e. The van der Waals surface area contributed by atoms with Crippen molar-refractivity contribution in [3.63, 3.8) is 0 Å². The van der Waals surface area contributed by atoms with Gasteiger partial charge in [0.05, 0.1) is 11.7 Å². The summed E-state index contributed by atoms with van der Waals surface area (Å²) in [5.74, 6) is 2.41. The highest BCUT2D eigenvalue weighted by atomic mass is 32.2. The van der Waals surface area contributed by atoms with E-state index in [1.54, 1.807) is 0 Å². The van der Waals surface area contributed by atoms with Crippen molar-refractivity contribution in [1.29, 1.82) is 0 Å². The minimum atomic E-state index is 0.476. The van der Waals surface area contributed by atoms with Crippen molar-refractivity contribution in [2.75, 3.05) is 36.0 Å². The molecule has 3 nitrogen and oxygen atoms in total. The monoisotopic (exact) mass is 269 g/mol. The average molecular weight is 269 g/mol. The Morgan fingerprint density at radius 3 is 2.94 bits per heavy atom. The smallest absolute Gasteiger partial charge is 0.185 e. The molecule has 0 amide bonds. The zero-order valence-electron chi connectivity index (χ0n) is 10.0. The molecule has 0 aromatic carbocycles. The van der Waals surface area contributed by atoms with E-state index >= 15 is 0 Å². The van der Waals surface area contributed by atoms with Gasteiger partial charge in [0.2, 0.25) is 0 Å². The van der Waals surface area contributed by atoms with E-state index in [-0.39, 0.29) is 0 Å². The van der Waals surface area contributed by atoms with Crippen molar-refractivity contribution in [2.45, 2.75) is 25.3 Å². The Hall–Kier alpha value is -0.260. The van der Waals surface area contributed by atoms with Crippen LogP contribution in [0.2, 0.25) is 0 Å². The third-order valence-electron chi connectivity index (χ3n) is 3.42. The molecule has 3 heterocycles. The van der Waals surface area contributed by atoms with Crippen molar-refractivity contribution in [1.82, 2.24) is 10.3 Å². The highest BCUT2D eigenvalue weighted by molar-refractivity contribution is 7.99. The Bertz CT molecular complexity index is 322. The van der Waals surface area contributed by atoms with E-state index in [9.17, 15) is 0 Å². The van der Waals surface area contributed by atoms with E-state index in [1.165, 1.54) is 54.7 Å². The van der Waals surface area contributed by atoms with Crippen molar-refractivity contribution in [3.8, 4) is 0 Å². The third kappa shape index (κ3) is 2.77. The molecule has 0 radical (unpaired) electrons. The molecule has 1 N–H and O–H groups in total. The number of nitrogens with zero attached hydrogens (tertiary/aromatic N) is 2. The van der Waals surface area contributed by atoms with Gasteiger partial charge in [0.1, 0.15) is 0 Å². The van der Waals surface area contributed by atoms with Gasteiger partial charge in [0.15, 0.2) is 5.13 Å². The molecule has 1 atom stereocenters. The molecule has 94 valence electrons. The maximum Gasteiger partial charge on any atom is 0.185 e. The van der Waals surface area contributed by atoms with Gasteiger partial charge in [-0.3, -0.25) is 0 Å². The van der Waals surface area contributed by atoms with Gasteiger partial charge in [-0.25, -0.2) is 4.98 Å². The summed E-state index contributed by atoms with van der Waals surface area (Å²) in [6, 6.07) is 0.476. The first-order valence-electron chi connectivity index (χ1n) is 6.45. The maximum absolute atomic E-state index is 4.83. The second-order valence-corrected chi connectivity index (χ2v) is 6.67. The molecular formula is C12H19N3S2. The van der Waals surface area contributed by atoms with Crippen LogP contribution in [-0.2, 0) is 0 Å². The van der Waals surface area contributed by atoms with Crippen molar-refractivity contribution in [3.05, 3.63) is 11.1 Å². The van der Waals surface area contributed by atoms with Gasteiger partial charge in [-0.15, -0.1) is 11.3 Å². The molecule has 1 unspecified atom stereocenters. The molecular weight excluding hydrogens is 250 g/mol. The Morgan fingerprint density at radius 1 is 1.29 bits per heavy atom. The standard InChI is InChI=1S/C12H19N3S2/c1-2-5-15(6-3-1)12-14-11(9-17-12)10-8-16-7-4-13-10/h9-10,13H,1-8H2. The van der Waals surface area contributed by atoms with E-state index in [0.717, 1.165) is 6.54 Å². The van der Waals surface area contributed by atoms with Crippen LogP contribution in [0.5, 0.6) is 0 Å². The summed E-state index contributed by atoms with van der Waals surface area (Å²) in [6.07, 6.45) is 4.04. The molecule has 0 bridgehead atoms. The van der Waals surface area contributed by atoms with Crippen LogP contribution in [0.4, 0.5) is 5.13 Å². The molecule has 0 saturated carbocycles. The first kappa shape index (κ1) is 11.8. The SMILES string of the molecule is c1sc(N2CCCCC2)nc1C1CSCCN1. The molecule has 2 aliphatic heterocycles. The minimum absolute atomic E-state index is 0.476. The predicted octanol–water partition coefficient (Wildman–Crippen LogP) is 2.51. The molecule has 2 saturated heterocycles. The fourth-order valence-electron chi connectivity index (χ4n) is 2.42. The van der Waals surface area contributed by atoms with Crippen LogP contribution in [0, 0.1) is 0 Å². The predicted molar refractivity (Wildman–Crippen MR) is 76.2 cm³/mol. The quantitative estimate of drug-likeness (QED) is 0.893. The summed E-state index contributed by atoms with van der Waals surface area (Å²) in [6.45, 7) is 3.51. The molecule has 0 aliphatic carbocycles. The fourth-order valence-corrected chi connectivity index (χ4v) is 4.31. The van der Waals surface area contributed by atoms with Crippen LogP contribution in [0.25, 0.3) is 0 Å². The number of thiazole rings is 1. The lowest BCUT2D eigenvalue weighted by atomic mass is 10.1. The highest BCUT2D eigenvalue weighted by Crippen LogP contribution is 2.29. The van der Waals surface area contributed by atoms with Gasteiger partial charge in [0.25, 0.3) is 0 Å². The van der Waals surface area contributed by atoms with E-state index in [1.807, 2.05) is 23.1 Å². The van der Waals surface area contributed by atoms with Gasteiger partial charge < -0.3 is 10.2 Å². The summed E-state index contributed by atoms with van der Waals surface area (Å²) >= 11 is 3.85. The molecule has 2 fully saturated rings. The summed E-state index contributed by atoms with van der Waals surface area (Å²) in [4.78, 5) is 7.28. The lowest BCUT2D eigenvalue weighted by molar-refractivity contribution is 0.567. The number of hydrogen-bond donors (Lipinski definition) is 1. The Labute approximate surface area is 111 Å². The topological polar surface area (TPSA) is 28.2 Å². The van der Waals surface area contributed by atoms with Crippen LogP contribution in [0.1, 0.15) is 31.0 Å². The summed E-state index contributed by atoms with van der Waals surface area (Å²) in [5.41, 5.74) is 1.25. The molecule has 1 aromatic heterocycles. The largest absolute Gasteiger partial charge is 0.348 e. The first-order chi connectivity index (χ1) is 8.43. The number of hydrogen-bond acceptors (Lipinski definition) is 5. The second kappa shape index (κ2) is 5.59. The van der Waals surface area contributed by atoms with Crippen LogP contribution >= 0.6 is 23.1 Å². The lowest BCUT2D eigenvalue weighted by Crippen LogP contribution is -2.31. The van der Waals surface area contributed by atoms with Crippen LogP contribution in [0.3, 0.4) is 0 Å². The molecule has 1 aromatic rings. The lowest BCUT2D eigenvalue weighted by Gasteiger charge is -2.26. The molecule has 3 rings (SSSR count). The fraction of sp³-hybridized carbons (Fsp3) is 0.750. The Balaban J connectivity index is 1.68. The number of piperidine rings is 1. The van der Waals surface area contributed by atoms with E-state index < -0.39 is 0 Å². The molecule has 0 spiro atoms. The number of anilines is 1. The van der Waals surface area contributed by atoms with Gasteiger partial charge in [-0.2, -0.15) is 11.8 Å². The van der Waals surface area contributed by atoms with Gasteiger partial charge in [-0.05, 0) is 19.3 Å². The second-order valence-electron chi connectivity index (χ2n) is 4.68. The van der Waals surface area contributed by atoms with Crippen molar-refractivity contribution >= 4 is 28.2 Å². The number of rotatable bonds is 2. The maximum atomic E-state index is 4.83. The average Bonchev–Trinajstić information content (AvgIpc) is 2.90. The van der Waals surface area contributed by atoms with E-state index in [2.05, 4.69) is 15.6 Å². The molecule has 17 heavy (non-hydrogen) atoms. The number of thioether (sulfide) groups is 1. The summed E-state index contributed by atoms with van der Waals surface area (Å²) < 4.78 is 0. The molecule has 5 heteroatoms. The van der Waals surface area contributed by atoms with Gasteiger partial charge in [0, 0.05) is 36.5 Å². The normalized spacial score (nSPS) is 26.1. The zero-order chi connectivity index (χ0) is 11.5. The van der Waals surface area contributed by atoms with E-state index in [0.29, 0.717) is 6.04 Å². The molecule has 2 aliphatic rings. The number of nitrogens with one attached hydrogen (secondary N) is 1. The Kier molecular flexibility index (Phi) is 3.88. The summed E-state index contributed by atoms with van der Waals surface area (Å²) in [5, 5.41) is 7.03. The summed E-state index contributed by atoms with van der Waals surface area (Å²) in [7, 11) is 0. The van der Waals surface area contributed by atoms with Crippen LogP contribution in [0.15, 0.2) is 5.38 Å². The zero-order valence-corrected chi connectivity index (χ0v) is 11.7. The third-order valence-corrected chi connectivity index (χ3v) is 5.40. The van der Waals surface area contributed by atoms with Crippen LogP contribution in [-0.4, -0.2) is 36.1 Å². The van der Waals surface area contributed by atoms with Crippen LogP contribution < -0.4 is 10.2 Å². The van der Waals surface area contributed by atoms with Crippen molar-refractivity contribution in [2.24, 2.45) is 0 Å². The highest BCUT2D eigenvalue weighted by Gasteiger charge is 2.20. The van der Waals surface area contributed by atoms with Crippen molar-refractivity contribution < 1.29 is 0 Å². The van der Waals surface area contributed by atoms with E-state index in [4.69, 9.17) is 4.98 Å². The van der Waals surface area contributed by atoms with Gasteiger partial charge >= 0.3 is 0 Å². The van der Waals surface area contributed by atoms with Gasteiger partial charge in [-0.1, -0.05) is 0 Å². The Morgan fingerprint density at radius 2 is 2.18 bits per heavy atom. The number of aromatic nitrogens is 1. The first-order valence-corrected chi connectivity index (χ1v) is 8.48.